The van der Waals surface area contributed by atoms with E-state index >= 15 is 0 Å². The van der Waals surface area contributed by atoms with Gasteiger partial charge in [0.2, 0.25) is 0 Å². The molecular weight excluding hydrogens is 306 g/mol. The summed E-state index contributed by atoms with van der Waals surface area (Å²) in [6.07, 6.45) is 6.75. The van der Waals surface area contributed by atoms with Crippen molar-refractivity contribution in [1.29, 1.82) is 0 Å². The van der Waals surface area contributed by atoms with E-state index in [1.165, 1.54) is 36.7 Å². The van der Waals surface area contributed by atoms with E-state index in [0.29, 0.717) is 24.9 Å². The maximum Gasteiger partial charge on any atom is 0.358 e. The van der Waals surface area contributed by atoms with Gasteiger partial charge in [-0.25, -0.2) is 18.2 Å². The molecule has 7 nitrogen and oxygen atoms in total. The average molecular weight is 325 g/mol. The number of carbonyl (C=O) groups excluding carboxylic acids is 1. The number of rotatable bonds is 4. The van der Waals surface area contributed by atoms with Gasteiger partial charge in [-0.1, -0.05) is 0 Å². The van der Waals surface area contributed by atoms with Crippen LogP contribution >= 0.6 is 0 Å². The Hall–Kier alpha value is -1.54. The second kappa shape index (κ2) is 5.92. The first-order valence-corrected chi connectivity index (χ1v) is 8.87. The van der Waals surface area contributed by atoms with Crippen molar-refractivity contribution in [2.45, 2.75) is 30.7 Å². The van der Waals surface area contributed by atoms with Crippen molar-refractivity contribution < 1.29 is 17.9 Å². The number of ether oxygens (including phenoxy) is 1. The van der Waals surface area contributed by atoms with Gasteiger partial charge >= 0.3 is 5.97 Å². The average Bonchev–Trinajstić information content (AvgIpc) is 3.39. The third-order valence-electron chi connectivity index (χ3n) is 4.32. The maximum absolute atomic E-state index is 12.7. The Bertz CT molecular complexity index is 672. The third-order valence-corrected chi connectivity index (χ3v) is 6.06. The number of aromatic nitrogens is 2. The zero-order chi connectivity index (χ0) is 15.7. The van der Waals surface area contributed by atoms with E-state index in [2.05, 4.69) is 14.7 Å². The number of methoxy groups -OCH3 is 1. The molecule has 22 heavy (non-hydrogen) atoms. The minimum Gasteiger partial charge on any atom is -0.464 e. The van der Waals surface area contributed by atoms with Crippen LogP contribution in [0.3, 0.4) is 0 Å². The second-order valence-electron chi connectivity index (χ2n) is 5.84. The van der Waals surface area contributed by atoms with Crippen LogP contribution in [0, 0.1) is 11.8 Å². The van der Waals surface area contributed by atoms with Crippen molar-refractivity contribution >= 4 is 16.0 Å². The number of hydrogen-bond acceptors (Lipinski definition) is 6. The fraction of sp³-hybridized carbons (Fsp3) is 0.643. The van der Waals surface area contributed by atoms with Crippen LogP contribution in [0.2, 0.25) is 0 Å². The molecule has 1 saturated heterocycles. The van der Waals surface area contributed by atoms with Crippen LogP contribution in [0.15, 0.2) is 17.4 Å². The quantitative estimate of drug-likeness (QED) is 0.769. The molecule has 1 aromatic heterocycles. The Morgan fingerprint density at radius 2 is 2.05 bits per heavy atom. The highest BCUT2D eigenvalue weighted by atomic mass is 32.2. The molecule has 3 rings (SSSR count). The fourth-order valence-electron chi connectivity index (χ4n) is 2.95. The second-order valence-corrected chi connectivity index (χ2v) is 7.72. The molecule has 1 aliphatic heterocycles. The number of nitrogens with zero attached hydrogens (tertiary/aromatic N) is 3. The first-order chi connectivity index (χ1) is 10.5. The van der Waals surface area contributed by atoms with Gasteiger partial charge in [-0.05, 0) is 37.5 Å². The highest BCUT2D eigenvalue weighted by Gasteiger charge is 2.38. The maximum atomic E-state index is 12.7. The zero-order valence-corrected chi connectivity index (χ0v) is 13.3. The summed E-state index contributed by atoms with van der Waals surface area (Å²) >= 11 is 0. The lowest BCUT2D eigenvalue weighted by Crippen LogP contribution is -2.40. The molecule has 0 amide bonds. The van der Waals surface area contributed by atoms with E-state index in [1.54, 1.807) is 0 Å². The van der Waals surface area contributed by atoms with Gasteiger partial charge in [0.05, 0.1) is 19.5 Å². The van der Waals surface area contributed by atoms with Crippen LogP contribution in [-0.2, 0) is 14.8 Å². The van der Waals surface area contributed by atoms with Gasteiger partial charge in [0.25, 0.3) is 10.0 Å². The molecule has 0 bridgehead atoms. The van der Waals surface area contributed by atoms with E-state index in [1.807, 2.05) is 0 Å². The molecule has 1 aromatic rings. The molecule has 1 unspecified atom stereocenters. The minimum atomic E-state index is -3.71. The fourth-order valence-corrected chi connectivity index (χ4v) is 4.38. The summed E-state index contributed by atoms with van der Waals surface area (Å²) in [5.41, 5.74) is -0.0978. The monoisotopic (exact) mass is 325 g/mol. The largest absolute Gasteiger partial charge is 0.464 e. The number of sulfonamides is 1. The molecule has 1 saturated carbocycles. The SMILES string of the molecule is COC(=O)c1cncc(S(=O)(=O)N2CCCC(C3CC3)C2)n1. The zero-order valence-electron chi connectivity index (χ0n) is 12.4. The lowest BCUT2D eigenvalue weighted by molar-refractivity contribution is 0.0592. The molecule has 2 aliphatic rings. The Labute approximate surface area is 129 Å². The van der Waals surface area contributed by atoms with Crippen molar-refractivity contribution in [2.75, 3.05) is 20.2 Å². The Morgan fingerprint density at radius 3 is 2.73 bits per heavy atom. The van der Waals surface area contributed by atoms with E-state index in [4.69, 9.17) is 0 Å². The number of hydrogen-bond donors (Lipinski definition) is 0. The van der Waals surface area contributed by atoms with E-state index in [-0.39, 0.29) is 10.7 Å². The predicted molar refractivity (Wildman–Crippen MR) is 77.6 cm³/mol. The molecule has 0 N–H and O–H groups in total. The summed E-state index contributed by atoms with van der Waals surface area (Å²) in [4.78, 5) is 19.2. The molecule has 0 spiro atoms. The van der Waals surface area contributed by atoms with Gasteiger partial charge in [-0.3, -0.25) is 4.98 Å². The van der Waals surface area contributed by atoms with Crippen molar-refractivity contribution in [3.8, 4) is 0 Å². The van der Waals surface area contributed by atoms with E-state index < -0.39 is 16.0 Å². The number of piperidine rings is 1. The summed E-state index contributed by atoms with van der Waals surface area (Å²) in [5.74, 6) is 0.421. The lowest BCUT2D eigenvalue weighted by atomic mass is 9.95. The molecule has 0 aromatic carbocycles. The van der Waals surface area contributed by atoms with E-state index in [9.17, 15) is 13.2 Å². The normalized spacial score (nSPS) is 23.2. The molecule has 1 atom stereocenters. The van der Waals surface area contributed by atoms with Gasteiger partial charge in [0, 0.05) is 13.1 Å². The molecular formula is C14H19N3O4S. The molecule has 0 radical (unpaired) electrons. The van der Waals surface area contributed by atoms with Gasteiger partial charge in [-0.2, -0.15) is 4.31 Å². The van der Waals surface area contributed by atoms with Gasteiger partial charge in [0.1, 0.15) is 0 Å². The molecule has 1 aliphatic carbocycles. The first kappa shape index (κ1) is 15.4. The van der Waals surface area contributed by atoms with Crippen molar-refractivity contribution in [1.82, 2.24) is 14.3 Å². The standard InChI is InChI=1S/C14H19N3O4S/c1-21-14(18)12-7-15-8-13(16-12)22(19,20)17-6-2-3-11(9-17)10-4-5-10/h7-8,10-11H,2-6,9H2,1H3. The topological polar surface area (TPSA) is 89.5 Å². The van der Waals surface area contributed by atoms with Crippen LogP contribution in [0.1, 0.15) is 36.2 Å². The summed E-state index contributed by atoms with van der Waals surface area (Å²) in [5, 5.41) is -0.188. The van der Waals surface area contributed by atoms with Crippen molar-refractivity contribution in [3.05, 3.63) is 18.1 Å². The number of carbonyl (C=O) groups is 1. The molecule has 2 heterocycles. The van der Waals surface area contributed by atoms with Gasteiger partial charge in [-0.15, -0.1) is 0 Å². The van der Waals surface area contributed by atoms with Crippen LogP contribution in [0.25, 0.3) is 0 Å². The summed E-state index contributed by atoms with van der Waals surface area (Å²) in [6, 6.07) is 0. The van der Waals surface area contributed by atoms with Crippen LogP contribution in [0.4, 0.5) is 0 Å². The van der Waals surface area contributed by atoms with Gasteiger partial charge in [0.15, 0.2) is 10.7 Å². The van der Waals surface area contributed by atoms with Gasteiger partial charge < -0.3 is 4.74 Å². The molecule has 8 heteroatoms. The predicted octanol–water partition coefficient (Wildman–Crippen LogP) is 1.07. The third kappa shape index (κ3) is 2.98. The summed E-state index contributed by atoms with van der Waals surface area (Å²) in [6.45, 7) is 1.03. The Morgan fingerprint density at radius 1 is 1.27 bits per heavy atom. The first-order valence-electron chi connectivity index (χ1n) is 7.43. The van der Waals surface area contributed by atoms with Crippen molar-refractivity contribution in [2.24, 2.45) is 11.8 Å². The van der Waals surface area contributed by atoms with Crippen LogP contribution in [0.5, 0.6) is 0 Å². The highest BCUT2D eigenvalue weighted by Crippen LogP contribution is 2.41. The summed E-state index contributed by atoms with van der Waals surface area (Å²) in [7, 11) is -2.49. The lowest BCUT2D eigenvalue weighted by Gasteiger charge is -2.31. The summed E-state index contributed by atoms with van der Waals surface area (Å²) < 4.78 is 31.5. The van der Waals surface area contributed by atoms with E-state index in [0.717, 1.165) is 12.8 Å². The Balaban J connectivity index is 1.84. The highest BCUT2D eigenvalue weighted by molar-refractivity contribution is 7.89. The number of esters is 1. The van der Waals surface area contributed by atoms with Crippen LogP contribution in [-0.4, -0.2) is 48.9 Å². The minimum absolute atomic E-state index is 0.0978. The smallest absolute Gasteiger partial charge is 0.358 e. The Kier molecular flexibility index (Phi) is 4.14. The van der Waals surface area contributed by atoms with Crippen LogP contribution < -0.4 is 0 Å². The van der Waals surface area contributed by atoms with Crippen molar-refractivity contribution in [3.63, 3.8) is 0 Å². The molecule has 2 fully saturated rings. The molecule has 120 valence electrons.